The third-order valence-electron chi connectivity index (χ3n) is 3.50. The van der Waals surface area contributed by atoms with Crippen molar-refractivity contribution < 1.29 is 14.3 Å². The maximum atomic E-state index is 11.6. The van der Waals surface area contributed by atoms with Crippen LogP contribution in [0.25, 0.3) is 5.57 Å². The minimum absolute atomic E-state index is 0.398. The Labute approximate surface area is 105 Å². The first-order chi connectivity index (χ1) is 8.66. The van der Waals surface area contributed by atoms with Gasteiger partial charge in [0.1, 0.15) is 0 Å². The largest absolute Gasteiger partial charge is 0.392 e. The van der Waals surface area contributed by atoms with Crippen molar-refractivity contribution in [2.24, 2.45) is 11.8 Å². The van der Waals surface area contributed by atoms with Gasteiger partial charge in [-0.25, -0.2) is 0 Å². The minimum atomic E-state index is -0.482. The molecule has 1 fully saturated rings. The predicted octanol–water partition coefficient (Wildman–Crippen LogP) is 2.35. The SMILES string of the molecule is C=C1C=C(c2ccccc2)C[C@H]2C(=O)OC(=O)[C@@H]12. The number of allylic oxidation sites excluding steroid dienone is 2. The van der Waals surface area contributed by atoms with E-state index in [1.165, 1.54) is 0 Å². The van der Waals surface area contributed by atoms with Crippen LogP contribution in [0.5, 0.6) is 0 Å². The summed E-state index contributed by atoms with van der Waals surface area (Å²) in [6.07, 6.45) is 2.44. The fraction of sp³-hybridized carbons (Fsp3) is 0.200. The molecule has 0 amide bonds. The van der Waals surface area contributed by atoms with E-state index in [1.54, 1.807) is 0 Å². The molecule has 1 aromatic rings. The van der Waals surface area contributed by atoms with Crippen LogP contribution in [0.2, 0.25) is 0 Å². The topological polar surface area (TPSA) is 43.4 Å². The molecule has 1 aliphatic carbocycles. The van der Waals surface area contributed by atoms with E-state index in [2.05, 4.69) is 6.58 Å². The Morgan fingerprint density at radius 2 is 1.83 bits per heavy atom. The van der Waals surface area contributed by atoms with Crippen LogP contribution >= 0.6 is 0 Å². The summed E-state index contributed by atoms with van der Waals surface area (Å²) in [5.74, 6) is -1.76. The van der Waals surface area contributed by atoms with E-state index < -0.39 is 23.8 Å². The molecule has 90 valence electrons. The molecule has 1 saturated heterocycles. The highest BCUT2D eigenvalue weighted by atomic mass is 16.6. The van der Waals surface area contributed by atoms with Gasteiger partial charge in [-0.05, 0) is 23.1 Å². The zero-order valence-electron chi connectivity index (χ0n) is 9.76. The molecule has 0 unspecified atom stereocenters. The van der Waals surface area contributed by atoms with Gasteiger partial charge in [-0.2, -0.15) is 0 Å². The molecule has 0 aromatic heterocycles. The smallest absolute Gasteiger partial charge is 0.321 e. The number of fused-ring (bicyclic) bond motifs is 1. The standard InChI is InChI=1S/C15H12O3/c1-9-7-11(10-5-3-2-4-6-10)8-12-13(9)15(17)18-14(12)16/h2-7,12-13H,1,8H2/t12-,13+/m1/s1. The minimum Gasteiger partial charge on any atom is -0.392 e. The van der Waals surface area contributed by atoms with Gasteiger partial charge in [0.2, 0.25) is 0 Å². The van der Waals surface area contributed by atoms with Crippen LogP contribution in [-0.2, 0) is 14.3 Å². The molecule has 0 radical (unpaired) electrons. The number of benzene rings is 1. The summed E-state index contributed by atoms with van der Waals surface area (Å²) in [7, 11) is 0. The van der Waals surface area contributed by atoms with Crippen molar-refractivity contribution in [1.29, 1.82) is 0 Å². The second-order valence-electron chi connectivity index (χ2n) is 4.64. The van der Waals surface area contributed by atoms with Gasteiger partial charge in [0.15, 0.2) is 0 Å². The van der Waals surface area contributed by atoms with Crippen LogP contribution in [0.4, 0.5) is 0 Å². The van der Waals surface area contributed by atoms with Crippen molar-refractivity contribution >= 4 is 17.5 Å². The van der Waals surface area contributed by atoms with Crippen LogP contribution in [0.15, 0.2) is 48.6 Å². The summed E-state index contributed by atoms with van der Waals surface area (Å²) in [5, 5.41) is 0. The van der Waals surface area contributed by atoms with E-state index in [0.29, 0.717) is 12.0 Å². The highest BCUT2D eigenvalue weighted by Gasteiger charge is 2.47. The number of hydrogen-bond acceptors (Lipinski definition) is 3. The summed E-state index contributed by atoms with van der Waals surface area (Å²) in [4.78, 5) is 23.2. The van der Waals surface area contributed by atoms with Crippen LogP contribution in [-0.4, -0.2) is 11.9 Å². The lowest BCUT2D eigenvalue weighted by molar-refractivity contribution is -0.153. The van der Waals surface area contributed by atoms with Gasteiger partial charge in [0.05, 0.1) is 11.8 Å². The number of ether oxygens (including phenoxy) is 1. The molecule has 2 atom stereocenters. The summed E-state index contributed by atoms with van der Waals surface area (Å²) in [6.45, 7) is 3.89. The maximum absolute atomic E-state index is 11.6. The molecule has 3 heteroatoms. The van der Waals surface area contributed by atoms with Crippen molar-refractivity contribution in [3.05, 3.63) is 54.1 Å². The van der Waals surface area contributed by atoms with Crippen LogP contribution in [0, 0.1) is 11.8 Å². The number of carbonyl (C=O) groups is 2. The Bertz CT molecular complexity index is 569. The molecule has 0 bridgehead atoms. The molecule has 1 aromatic carbocycles. The van der Waals surface area contributed by atoms with Gasteiger partial charge in [-0.3, -0.25) is 9.59 Å². The first-order valence-corrected chi connectivity index (χ1v) is 5.87. The number of esters is 2. The highest BCUT2D eigenvalue weighted by Crippen LogP contribution is 2.41. The van der Waals surface area contributed by atoms with Crippen molar-refractivity contribution in [3.63, 3.8) is 0 Å². The summed E-state index contributed by atoms with van der Waals surface area (Å²) >= 11 is 0. The van der Waals surface area contributed by atoms with E-state index in [0.717, 1.165) is 11.1 Å². The Balaban J connectivity index is 1.99. The molecular formula is C15H12O3. The number of cyclic esters (lactones) is 2. The fourth-order valence-electron chi connectivity index (χ4n) is 2.61. The molecule has 3 nitrogen and oxygen atoms in total. The molecule has 3 rings (SSSR count). The van der Waals surface area contributed by atoms with Crippen molar-refractivity contribution in [1.82, 2.24) is 0 Å². The van der Waals surface area contributed by atoms with Gasteiger partial charge in [-0.1, -0.05) is 43.0 Å². The lowest BCUT2D eigenvalue weighted by Crippen LogP contribution is -2.22. The zero-order valence-corrected chi connectivity index (χ0v) is 9.76. The Hall–Kier alpha value is -2.16. The Morgan fingerprint density at radius 3 is 2.56 bits per heavy atom. The second kappa shape index (κ2) is 3.95. The molecule has 1 heterocycles. The van der Waals surface area contributed by atoms with Crippen molar-refractivity contribution in [2.45, 2.75) is 6.42 Å². The summed E-state index contributed by atoms with van der Waals surface area (Å²) < 4.78 is 4.69. The average Bonchev–Trinajstić information content (AvgIpc) is 2.66. The van der Waals surface area contributed by atoms with E-state index in [9.17, 15) is 9.59 Å². The Morgan fingerprint density at radius 1 is 1.11 bits per heavy atom. The van der Waals surface area contributed by atoms with Gasteiger partial charge < -0.3 is 4.74 Å². The van der Waals surface area contributed by atoms with Crippen LogP contribution < -0.4 is 0 Å². The molecule has 1 aliphatic heterocycles. The average molecular weight is 240 g/mol. The molecule has 18 heavy (non-hydrogen) atoms. The van der Waals surface area contributed by atoms with Gasteiger partial charge >= 0.3 is 11.9 Å². The van der Waals surface area contributed by atoms with E-state index in [1.807, 2.05) is 36.4 Å². The summed E-state index contributed by atoms with van der Waals surface area (Å²) in [5.41, 5.74) is 2.76. The second-order valence-corrected chi connectivity index (χ2v) is 4.64. The highest BCUT2D eigenvalue weighted by molar-refractivity contribution is 6.00. The van der Waals surface area contributed by atoms with Gasteiger partial charge in [-0.15, -0.1) is 0 Å². The van der Waals surface area contributed by atoms with E-state index in [4.69, 9.17) is 4.74 Å². The van der Waals surface area contributed by atoms with Gasteiger partial charge in [0.25, 0.3) is 0 Å². The quantitative estimate of drug-likeness (QED) is 0.559. The zero-order chi connectivity index (χ0) is 12.7. The third kappa shape index (κ3) is 1.59. The monoisotopic (exact) mass is 240 g/mol. The molecule has 2 aliphatic rings. The molecule has 0 saturated carbocycles. The lowest BCUT2D eigenvalue weighted by Gasteiger charge is -2.22. The first kappa shape index (κ1) is 11.0. The maximum Gasteiger partial charge on any atom is 0.321 e. The number of rotatable bonds is 1. The van der Waals surface area contributed by atoms with Gasteiger partial charge in [0, 0.05) is 0 Å². The molecule has 0 spiro atoms. The normalized spacial score (nSPS) is 26.7. The lowest BCUT2D eigenvalue weighted by atomic mass is 9.77. The van der Waals surface area contributed by atoms with Crippen molar-refractivity contribution in [2.75, 3.05) is 0 Å². The summed E-state index contributed by atoms with van der Waals surface area (Å²) in [6, 6.07) is 9.81. The number of hydrogen-bond donors (Lipinski definition) is 0. The Kier molecular flexibility index (Phi) is 2.40. The predicted molar refractivity (Wildman–Crippen MR) is 66.3 cm³/mol. The third-order valence-corrected chi connectivity index (χ3v) is 3.50. The fourth-order valence-corrected chi connectivity index (χ4v) is 2.61. The van der Waals surface area contributed by atoms with E-state index in [-0.39, 0.29) is 0 Å². The molecule has 0 N–H and O–H groups in total. The van der Waals surface area contributed by atoms with Crippen LogP contribution in [0.1, 0.15) is 12.0 Å². The number of carbonyl (C=O) groups excluding carboxylic acids is 2. The van der Waals surface area contributed by atoms with Crippen LogP contribution in [0.3, 0.4) is 0 Å². The first-order valence-electron chi connectivity index (χ1n) is 5.87. The van der Waals surface area contributed by atoms with Crippen molar-refractivity contribution in [3.8, 4) is 0 Å². The van der Waals surface area contributed by atoms with E-state index >= 15 is 0 Å². The molecular weight excluding hydrogens is 228 g/mol.